The summed E-state index contributed by atoms with van der Waals surface area (Å²) in [7, 11) is 0. The van der Waals surface area contributed by atoms with Crippen LogP contribution in [0.2, 0.25) is 0 Å². The number of carbonyl (C=O) groups is 1. The molecule has 0 spiro atoms. The maximum absolute atomic E-state index is 14.2. The highest BCUT2D eigenvalue weighted by Crippen LogP contribution is 2.39. The number of rotatable bonds is 7. The Morgan fingerprint density at radius 3 is 3.04 bits per heavy atom. The summed E-state index contributed by atoms with van der Waals surface area (Å²) in [5.74, 6) is -4.24. The number of halogens is 2. The highest BCUT2D eigenvalue weighted by molar-refractivity contribution is 5.84. The summed E-state index contributed by atoms with van der Waals surface area (Å²) in [5.41, 5.74) is 6.36. The standard InChI is InChI=1S/C18H22F2N6O2/c19-18(20)5-2-1-3-13(18)11-26-6-4-12-8-23-17(25-16(12)26)24-14(7-21)9-22-10-15(27)28/h4,6-9,13H,1-3,5,10-11,21H2,(H,27,28)(H,23,24,25)/b14-7+,22-9?. The van der Waals surface area contributed by atoms with Gasteiger partial charge in [0, 0.05) is 49.1 Å². The maximum atomic E-state index is 14.2. The van der Waals surface area contributed by atoms with Gasteiger partial charge in [0.2, 0.25) is 5.95 Å². The zero-order valence-corrected chi connectivity index (χ0v) is 15.2. The summed E-state index contributed by atoms with van der Waals surface area (Å²) < 4.78 is 30.1. The Morgan fingerprint density at radius 1 is 1.50 bits per heavy atom. The van der Waals surface area contributed by atoms with E-state index in [4.69, 9.17) is 10.8 Å². The number of nitrogens with one attached hydrogen (secondary N) is 1. The van der Waals surface area contributed by atoms with E-state index in [9.17, 15) is 13.6 Å². The van der Waals surface area contributed by atoms with Crippen LogP contribution in [-0.4, -0.2) is 44.3 Å². The van der Waals surface area contributed by atoms with Crippen molar-refractivity contribution >= 4 is 29.2 Å². The van der Waals surface area contributed by atoms with Crippen LogP contribution in [0.1, 0.15) is 25.7 Å². The molecular formula is C18H22F2N6O2. The number of aliphatic imine (C=N–C) groups is 1. The fraction of sp³-hybridized carbons (Fsp3) is 0.444. The quantitative estimate of drug-likeness (QED) is 0.624. The second-order valence-electron chi connectivity index (χ2n) is 6.75. The number of nitrogens with two attached hydrogens (primary N) is 1. The summed E-state index contributed by atoms with van der Waals surface area (Å²) in [4.78, 5) is 22.8. The highest BCUT2D eigenvalue weighted by atomic mass is 19.3. The smallest absolute Gasteiger partial charge is 0.325 e. The van der Waals surface area contributed by atoms with Crippen molar-refractivity contribution in [2.24, 2.45) is 16.6 Å². The van der Waals surface area contributed by atoms with E-state index in [2.05, 4.69) is 20.3 Å². The number of aliphatic carboxylic acids is 1. The van der Waals surface area contributed by atoms with Crippen molar-refractivity contribution in [3.63, 3.8) is 0 Å². The molecule has 0 radical (unpaired) electrons. The van der Waals surface area contributed by atoms with Gasteiger partial charge in [-0.15, -0.1) is 0 Å². The first-order chi connectivity index (χ1) is 13.4. The molecule has 0 bridgehead atoms. The molecule has 1 atom stereocenters. The number of anilines is 1. The number of hydrogen-bond acceptors (Lipinski definition) is 6. The topological polar surface area (TPSA) is 118 Å². The molecule has 0 amide bonds. The molecule has 2 aromatic heterocycles. The van der Waals surface area contributed by atoms with Crippen molar-refractivity contribution in [1.29, 1.82) is 0 Å². The SMILES string of the molecule is N/C=C(\C=NCC(=O)O)Nc1ncc2ccn(CC3CCCCC3(F)F)c2n1. The van der Waals surface area contributed by atoms with Crippen molar-refractivity contribution < 1.29 is 18.7 Å². The molecule has 1 fully saturated rings. The molecule has 3 rings (SSSR count). The summed E-state index contributed by atoms with van der Waals surface area (Å²) in [6.07, 6.45) is 7.59. The van der Waals surface area contributed by atoms with Gasteiger partial charge in [-0.1, -0.05) is 6.42 Å². The number of nitrogens with zero attached hydrogens (tertiary/aromatic N) is 4. The third-order valence-electron chi connectivity index (χ3n) is 4.72. The molecule has 1 aliphatic carbocycles. The second kappa shape index (κ2) is 8.32. The molecule has 4 N–H and O–H groups in total. The molecule has 1 saturated carbocycles. The van der Waals surface area contributed by atoms with Gasteiger partial charge in [0.1, 0.15) is 12.2 Å². The van der Waals surface area contributed by atoms with Crippen molar-refractivity contribution in [3.8, 4) is 0 Å². The Hall–Kier alpha value is -3.04. The summed E-state index contributed by atoms with van der Waals surface area (Å²) in [6, 6.07) is 1.79. The van der Waals surface area contributed by atoms with Crippen molar-refractivity contribution in [2.75, 3.05) is 11.9 Å². The van der Waals surface area contributed by atoms with E-state index in [1.165, 1.54) is 12.4 Å². The first-order valence-electron chi connectivity index (χ1n) is 8.99. The highest BCUT2D eigenvalue weighted by Gasteiger charge is 2.41. The monoisotopic (exact) mass is 392 g/mol. The van der Waals surface area contributed by atoms with Crippen LogP contribution >= 0.6 is 0 Å². The van der Waals surface area contributed by atoms with E-state index >= 15 is 0 Å². The van der Waals surface area contributed by atoms with Gasteiger partial charge in [0.25, 0.3) is 5.92 Å². The average molecular weight is 392 g/mol. The Labute approximate surface area is 160 Å². The van der Waals surface area contributed by atoms with E-state index < -0.39 is 24.4 Å². The lowest BCUT2D eigenvalue weighted by atomic mass is 9.85. The van der Waals surface area contributed by atoms with E-state index in [0.717, 1.165) is 11.8 Å². The zero-order valence-electron chi connectivity index (χ0n) is 15.2. The van der Waals surface area contributed by atoms with E-state index in [1.54, 1.807) is 23.0 Å². The first kappa shape index (κ1) is 19.7. The van der Waals surface area contributed by atoms with Crippen LogP contribution in [0.3, 0.4) is 0 Å². The minimum absolute atomic E-state index is 0.0704. The molecule has 0 aromatic carbocycles. The molecule has 10 heteroatoms. The fourth-order valence-electron chi connectivity index (χ4n) is 3.28. The molecule has 28 heavy (non-hydrogen) atoms. The molecular weight excluding hydrogens is 370 g/mol. The van der Waals surface area contributed by atoms with E-state index in [1.807, 2.05) is 0 Å². The molecule has 2 heterocycles. The number of carboxylic acids is 1. The number of allylic oxidation sites excluding steroid dienone is 1. The predicted octanol–water partition coefficient (Wildman–Crippen LogP) is 2.62. The van der Waals surface area contributed by atoms with Gasteiger partial charge in [0.05, 0.1) is 5.70 Å². The van der Waals surface area contributed by atoms with Crippen molar-refractivity contribution in [3.05, 3.63) is 30.4 Å². The Kier molecular flexibility index (Phi) is 5.86. The Morgan fingerprint density at radius 2 is 2.32 bits per heavy atom. The number of fused-ring (bicyclic) bond motifs is 1. The minimum atomic E-state index is -2.67. The number of aromatic nitrogens is 3. The molecule has 0 saturated heterocycles. The minimum Gasteiger partial charge on any atom is -0.480 e. The normalized spacial score (nSPS) is 19.9. The van der Waals surface area contributed by atoms with Crippen LogP contribution in [0, 0.1) is 5.92 Å². The van der Waals surface area contributed by atoms with Gasteiger partial charge in [-0.05, 0) is 18.9 Å². The van der Waals surface area contributed by atoms with Crippen LogP contribution in [0.4, 0.5) is 14.7 Å². The summed E-state index contributed by atoms with van der Waals surface area (Å²) in [6.45, 7) is -0.204. The number of alkyl halides is 2. The van der Waals surface area contributed by atoms with Crippen molar-refractivity contribution in [2.45, 2.75) is 38.2 Å². The Bertz CT molecular complexity index is 909. The molecule has 2 aromatic rings. The van der Waals surface area contributed by atoms with E-state index in [0.29, 0.717) is 24.2 Å². The fourth-order valence-corrected chi connectivity index (χ4v) is 3.28. The van der Waals surface area contributed by atoms with Gasteiger partial charge in [-0.25, -0.2) is 13.8 Å². The lowest BCUT2D eigenvalue weighted by Gasteiger charge is -2.31. The van der Waals surface area contributed by atoms with Gasteiger partial charge in [-0.2, -0.15) is 4.98 Å². The third kappa shape index (κ3) is 4.62. The average Bonchev–Trinajstić information content (AvgIpc) is 3.04. The maximum Gasteiger partial charge on any atom is 0.325 e. The second-order valence-corrected chi connectivity index (χ2v) is 6.75. The van der Waals surface area contributed by atoms with Crippen LogP contribution < -0.4 is 11.1 Å². The molecule has 1 aliphatic rings. The molecule has 1 unspecified atom stereocenters. The molecule has 0 aliphatic heterocycles. The van der Waals surface area contributed by atoms with Gasteiger partial charge in [0.15, 0.2) is 0 Å². The molecule has 150 valence electrons. The van der Waals surface area contributed by atoms with Crippen molar-refractivity contribution in [1.82, 2.24) is 14.5 Å². The zero-order chi connectivity index (χ0) is 20.1. The van der Waals surface area contributed by atoms with Crippen LogP contribution in [0.15, 0.2) is 35.3 Å². The third-order valence-corrected chi connectivity index (χ3v) is 4.72. The first-order valence-corrected chi connectivity index (χ1v) is 8.99. The van der Waals surface area contributed by atoms with Crippen LogP contribution in [0.25, 0.3) is 11.0 Å². The number of carboxylic acid groups (broad SMARTS) is 1. The van der Waals surface area contributed by atoms with E-state index in [-0.39, 0.29) is 18.9 Å². The lowest BCUT2D eigenvalue weighted by Crippen LogP contribution is -2.34. The summed E-state index contributed by atoms with van der Waals surface area (Å²) in [5, 5.41) is 12.2. The molecule has 8 nitrogen and oxygen atoms in total. The van der Waals surface area contributed by atoms with Gasteiger partial charge < -0.3 is 20.7 Å². The summed E-state index contributed by atoms with van der Waals surface area (Å²) >= 11 is 0. The number of hydrogen-bond donors (Lipinski definition) is 3. The lowest BCUT2D eigenvalue weighted by molar-refractivity contribution is -0.135. The Balaban J connectivity index is 1.78. The van der Waals surface area contributed by atoms with Gasteiger partial charge >= 0.3 is 5.97 Å². The van der Waals surface area contributed by atoms with Gasteiger partial charge in [-0.3, -0.25) is 9.79 Å². The predicted molar refractivity (Wildman–Crippen MR) is 101 cm³/mol. The van der Waals surface area contributed by atoms with Crippen LogP contribution in [-0.2, 0) is 11.3 Å². The largest absolute Gasteiger partial charge is 0.480 e. The van der Waals surface area contributed by atoms with Crippen LogP contribution in [0.5, 0.6) is 0 Å².